The van der Waals surface area contributed by atoms with Crippen LogP contribution in [0.3, 0.4) is 0 Å². The maximum atomic E-state index is 12.3. The molecule has 0 aromatic heterocycles. The van der Waals surface area contributed by atoms with Crippen molar-refractivity contribution in [3.05, 3.63) is 68.7 Å². The molecule has 2 aromatic rings. The molecule has 3 amide bonds. The smallest absolute Gasteiger partial charge is 0.311 e. The molecular weight excluding hydrogens is 456 g/mol. The number of anilines is 1. The number of non-ortho nitro benzene ring substituents is 1. The fraction of sp³-hybridized carbons (Fsp3) is 0.238. The fourth-order valence-electron chi connectivity index (χ4n) is 3.02. The lowest BCUT2D eigenvalue weighted by atomic mass is 10.1. The van der Waals surface area contributed by atoms with E-state index < -0.39 is 41.1 Å². The van der Waals surface area contributed by atoms with Crippen molar-refractivity contribution in [2.45, 2.75) is 13.3 Å². The number of carbonyl (C=O) groups excluding carboxylic acids is 4. The second-order valence-corrected chi connectivity index (χ2v) is 7.68. The molecule has 3 rings (SSSR count). The number of benzene rings is 2. The molecule has 0 saturated carbocycles. The lowest BCUT2D eigenvalue weighted by Gasteiger charge is -2.17. The zero-order chi connectivity index (χ0) is 24.1. The number of rotatable bonds is 7. The van der Waals surface area contributed by atoms with E-state index in [-0.39, 0.29) is 24.2 Å². The molecule has 0 radical (unpaired) electrons. The highest BCUT2D eigenvalue weighted by Crippen LogP contribution is 2.21. The number of ether oxygens (including phenoxy) is 1. The average Bonchev–Trinajstić information content (AvgIpc) is 3.15. The monoisotopic (exact) mass is 474 g/mol. The van der Waals surface area contributed by atoms with E-state index in [0.29, 0.717) is 10.7 Å². The van der Waals surface area contributed by atoms with Gasteiger partial charge in [-0.1, -0.05) is 17.7 Å². The Bertz CT molecular complexity index is 1120. The molecule has 0 unspecified atom stereocenters. The zero-order valence-corrected chi connectivity index (χ0v) is 18.1. The van der Waals surface area contributed by atoms with Crippen LogP contribution in [0.2, 0.25) is 5.02 Å². The molecule has 0 bridgehead atoms. The van der Waals surface area contributed by atoms with Crippen molar-refractivity contribution in [2.75, 3.05) is 18.5 Å². The van der Waals surface area contributed by atoms with E-state index >= 15 is 0 Å². The van der Waals surface area contributed by atoms with Gasteiger partial charge < -0.3 is 10.1 Å². The standard InChI is InChI=1S/C21H19ClN4O7/c1-12-2-5-15(9-17(12)22)23-18(27)11-33-21(30)14-8-19(28)25(10-14)24-20(29)13-3-6-16(7-4-13)26(31)32/h2-7,9,14H,8,10-11H2,1H3,(H,23,27)(H,24,29)/t14-/m0/s1. The second-order valence-electron chi connectivity index (χ2n) is 7.27. The molecule has 11 nitrogen and oxygen atoms in total. The van der Waals surface area contributed by atoms with Crippen LogP contribution in [0.5, 0.6) is 0 Å². The van der Waals surface area contributed by atoms with E-state index in [0.717, 1.165) is 22.7 Å². The Morgan fingerprint density at radius 2 is 1.91 bits per heavy atom. The molecule has 1 heterocycles. The number of hydrogen-bond acceptors (Lipinski definition) is 7. The van der Waals surface area contributed by atoms with Crippen molar-refractivity contribution < 1.29 is 28.8 Å². The normalized spacial score (nSPS) is 15.2. The predicted molar refractivity (Wildman–Crippen MR) is 116 cm³/mol. The van der Waals surface area contributed by atoms with Gasteiger partial charge in [0.15, 0.2) is 6.61 Å². The molecule has 1 saturated heterocycles. The summed E-state index contributed by atoms with van der Waals surface area (Å²) >= 11 is 6.00. The molecule has 2 aromatic carbocycles. The predicted octanol–water partition coefficient (Wildman–Crippen LogP) is 2.23. The van der Waals surface area contributed by atoms with Crippen LogP contribution < -0.4 is 10.7 Å². The summed E-state index contributed by atoms with van der Waals surface area (Å²) in [5.74, 6) is -3.37. The summed E-state index contributed by atoms with van der Waals surface area (Å²) in [6, 6.07) is 9.78. The fourth-order valence-corrected chi connectivity index (χ4v) is 3.20. The summed E-state index contributed by atoms with van der Waals surface area (Å²) in [5.41, 5.74) is 3.58. The summed E-state index contributed by atoms with van der Waals surface area (Å²) in [6.45, 7) is 1.13. The van der Waals surface area contributed by atoms with Gasteiger partial charge in [0.05, 0.1) is 17.4 Å². The average molecular weight is 475 g/mol. The van der Waals surface area contributed by atoms with Crippen LogP contribution in [0.25, 0.3) is 0 Å². The lowest BCUT2D eigenvalue weighted by Crippen LogP contribution is -2.43. The van der Waals surface area contributed by atoms with Crippen molar-refractivity contribution in [1.82, 2.24) is 10.4 Å². The van der Waals surface area contributed by atoms with Crippen molar-refractivity contribution in [3.63, 3.8) is 0 Å². The highest BCUT2D eigenvalue weighted by Gasteiger charge is 2.36. The molecular formula is C21H19ClN4O7. The van der Waals surface area contributed by atoms with Crippen LogP contribution in [-0.2, 0) is 19.1 Å². The van der Waals surface area contributed by atoms with E-state index in [4.69, 9.17) is 16.3 Å². The number of nitro groups is 1. The number of nitrogens with zero attached hydrogens (tertiary/aromatic N) is 2. The van der Waals surface area contributed by atoms with Crippen LogP contribution in [0, 0.1) is 23.0 Å². The maximum absolute atomic E-state index is 12.3. The maximum Gasteiger partial charge on any atom is 0.311 e. The Kier molecular flexibility index (Phi) is 7.23. The van der Waals surface area contributed by atoms with Crippen LogP contribution in [0.1, 0.15) is 22.3 Å². The van der Waals surface area contributed by atoms with Crippen molar-refractivity contribution in [2.24, 2.45) is 5.92 Å². The number of aryl methyl sites for hydroxylation is 1. The summed E-state index contributed by atoms with van der Waals surface area (Å²) in [6.07, 6.45) is -0.200. The number of esters is 1. The first kappa shape index (κ1) is 23.7. The zero-order valence-electron chi connectivity index (χ0n) is 17.4. The molecule has 12 heteroatoms. The third-order valence-electron chi connectivity index (χ3n) is 4.84. The van der Waals surface area contributed by atoms with E-state index in [9.17, 15) is 29.3 Å². The molecule has 1 fully saturated rings. The van der Waals surface area contributed by atoms with Gasteiger partial charge in [-0.2, -0.15) is 0 Å². The lowest BCUT2D eigenvalue weighted by molar-refractivity contribution is -0.384. The molecule has 0 aliphatic carbocycles. The number of nitrogens with one attached hydrogen (secondary N) is 2. The van der Waals surface area contributed by atoms with Crippen LogP contribution in [0.15, 0.2) is 42.5 Å². The third kappa shape index (κ3) is 6.04. The minimum absolute atomic E-state index is 0.104. The summed E-state index contributed by atoms with van der Waals surface area (Å²) in [4.78, 5) is 58.8. The molecule has 1 aliphatic heterocycles. The quantitative estimate of drug-likeness (QED) is 0.355. The minimum atomic E-state index is -0.865. The van der Waals surface area contributed by atoms with E-state index in [1.54, 1.807) is 18.2 Å². The van der Waals surface area contributed by atoms with Gasteiger partial charge in [0, 0.05) is 34.8 Å². The van der Waals surface area contributed by atoms with Gasteiger partial charge in [-0.05, 0) is 36.8 Å². The number of halogens is 1. The highest BCUT2D eigenvalue weighted by molar-refractivity contribution is 6.31. The summed E-state index contributed by atoms with van der Waals surface area (Å²) in [5, 5.41) is 14.7. The van der Waals surface area contributed by atoms with Crippen molar-refractivity contribution in [3.8, 4) is 0 Å². The van der Waals surface area contributed by atoms with Gasteiger partial charge in [-0.3, -0.25) is 39.7 Å². The number of amides is 3. The van der Waals surface area contributed by atoms with E-state index in [1.165, 1.54) is 12.1 Å². The Morgan fingerprint density at radius 1 is 1.21 bits per heavy atom. The highest BCUT2D eigenvalue weighted by atomic mass is 35.5. The molecule has 2 N–H and O–H groups in total. The van der Waals surface area contributed by atoms with Crippen LogP contribution in [0.4, 0.5) is 11.4 Å². The summed E-state index contributed by atoms with van der Waals surface area (Å²) < 4.78 is 5.00. The van der Waals surface area contributed by atoms with Gasteiger partial charge >= 0.3 is 5.97 Å². The first-order valence-corrected chi connectivity index (χ1v) is 10.1. The van der Waals surface area contributed by atoms with Crippen molar-refractivity contribution in [1.29, 1.82) is 0 Å². The molecule has 1 aliphatic rings. The topological polar surface area (TPSA) is 148 Å². The van der Waals surface area contributed by atoms with Crippen LogP contribution in [-0.4, -0.2) is 46.8 Å². The van der Waals surface area contributed by atoms with E-state index in [1.807, 2.05) is 6.92 Å². The minimum Gasteiger partial charge on any atom is -0.455 e. The first-order chi connectivity index (χ1) is 15.6. The first-order valence-electron chi connectivity index (χ1n) is 9.72. The SMILES string of the molecule is Cc1ccc(NC(=O)COC(=O)[C@H]2CC(=O)N(NC(=O)c3ccc([N+](=O)[O-])cc3)C2)cc1Cl. The third-order valence-corrected chi connectivity index (χ3v) is 5.24. The largest absolute Gasteiger partial charge is 0.455 e. The van der Waals surface area contributed by atoms with Crippen molar-refractivity contribution >= 4 is 46.7 Å². The molecule has 33 heavy (non-hydrogen) atoms. The molecule has 0 spiro atoms. The molecule has 172 valence electrons. The van der Waals surface area contributed by atoms with Gasteiger partial charge in [-0.15, -0.1) is 0 Å². The number of hydrazine groups is 1. The van der Waals surface area contributed by atoms with Gasteiger partial charge in [0.2, 0.25) is 5.91 Å². The number of hydrogen-bond donors (Lipinski definition) is 2. The van der Waals surface area contributed by atoms with Gasteiger partial charge in [-0.25, -0.2) is 0 Å². The Morgan fingerprint density at radius 3 is 2.55 bits per heavy atom. The Hall–Kier alpha value is -3.99. The van der Waals surface area contributed by atoms with Gasteiger partial charge in [0.25, 0.3) is 17.5 Å². The van der Waals surface area contributed by atoms with E-state index in [2.05, 4.69) is 10.7 Å². The van der Waals surface area contributed by atoms with Crippen LogP contribution >= 0.6 is 11.6 Å². The number of nitro benzene ring substituents is 1. The molecule has 1 atom stereocenters. The second kappa shape index (κ2) is 10.1. The number of carbonyl (C=O) groups is 4. The van der Waals surface area contributed by atoms with Gasteiger partial charge in [0.1, 0.15) is 0 Å². The summed E-state index contributed by atoms with van der Waals surface area (Å²) in [7, 11) is 0. The Balaban J connectivity index is 1.48. The Labute approximate surface area is 192 Å².